The summed E-state index contributed by atoms with van der Waals surface area (Å²) in [5.74, 6) is 1.35. The molecule has 0 atom stereocenters. The second kappa shape index (κ2) is 7.97. The Labute approximate surface area is 180 Å². The van der Waals surface area contributed by atoms with Crippen molar-refractivity contribution in [2.24, 2.45) is 0 Å². The maximum atomic E-state index is 12.4. The summed E-state index contributed by atoms with van der Waals surface area (Å²) in [7, 11) is 0. The summed E-state index contributed by atoms with van der Waals surface area (Å²) in [6.45, 7) is 1.03. The number of nitriles is 1. The van der Waals surface area contributed by atoms with E-state index in [0.717, 1.165) is 11.1 Å². The molecule has 5 rings (SSSR count). The van der Waals surface area contributed by atoms with Crippen LogP contribution in [0.15, 0.2) is 69.3 Å². The normalized spacial score (nSPS) is 13.1. The lowest BCUT2D eigenvalue weighted by atomic mass is 10.1. The molecule has 31 heavy (non-hydrogen) atoms. The van der Waals surface area contributed by atoms with Crippen LogP contribution in [-0.4, -0.2) is 18.2 Å². The molecule has 0 unspecified atom stereocenters. The maximum Gasteiger partial charge on any atom is 0.345 e. The van der Waals surface area contributed by atoms with Gasteiger partial charge in [0.15, 0.2) is 11.5 Å². The smallest absolute Gasteiger partial charge is 0.345 e. The molecule has 0 bridgehead atoms. The Morgan fingerprint density at radius 1 is 1.13 bits per heavy atom. The first-order chi connectivity index (χ1) is 15.2. The number of benzene rings is 2. The highest BCUT2D eigenvalue weighted by Gasteiger charge is 2.14. The number of nitrogens with zero attached hydrogens (tertiary/aromatic N) is 2. The summed E-state index contributed by atoms with van der Waals surface area (Å²) in [5.41, 5.74) is 1.99. The summed E-state index contributed by atoms with van der Waals surface area (Å²) in [5, 5.41) is 15.7. The summed E-state index contributed by atoms with van der Waals surface area (Å²) < 4.78 is 16.5. The molecule has 1 aliphatic heterocycles. The number of para-hydroxylation sites is 1. The van der Waals surface area contributed by atoms with E-state index in [-0.39, 0.29) is 0 Å². The molecule has 0 saturated carbocycles. The monoisotopic (exact) mass is 429 g/mol. The first-order valence-electron chi connectivity index (χ1n) is 9.47. The first-order valence-corrected chi connectivity index (χ1v) is 10.3. The van der Waals surface area contributed by atoms with Crippen LogP contribution < -0.4 is 20.4 Å². The molecule has 0 aliphatic carbocycles. The van der Waals surface area contributed by atoms with Crippen molar-refractivity contribution in [3.8, 4) is 28.8 Å². The van der Waals surface area contributed by atoms with Crippen molar-refractivity contribution in [2.45, 2.75) is 0 Å². The molecule has 0 amide bonds. The number of hydrogen-bond donors (Lipinski definition) is 1. The van der Waals surface area contributed by atoms with Gasteiger partial charge in [-0.3, -0.25) is 0 Å². The predicted octanol–water partition coefficient (Wildman–Crippen LogP) is 4.66. The minimum absolute atomic E-state index is 0.344. The molecule has 1 aliphatic rings. The van der Waals surface area contributed by atoms with Gasteiger partial charge in [0.05, 0.1) is 11.3 Å². The van der Waals surface area contributed by atoms with Gasteiger partial charge in [-0.15, -0.1) is 11.3 Å². The summed E-state index contributed by atoms with van der Waals surface area (Å²) >= 11 is 1.28. The SMILES string of the molecule is N#CC(=CNc1ccc2c(c1)OCCO2)c1nc(-c2cc3ccccc3oc2=O)cs1. The molecular weight excluding hydrogens is 414 g/mol. The molecule has 3 heterocycles. The third kappa shape index (κ3) is 3.74. The highest BCUT2D eigenvalue weighted by molar-refractivity contribution is 7.11. The Kier molecular flexibility index (Phi) is 4.86. The third-order valence-corrected chi connectivity index (χ3v) is 5.57. The van der Waals surface area contributed by atoms with Crippen molar-refractivity contribution < 1.29 is 13.9 Å². The molecular formula is C23H15N3O4S. The van der Waals surface area contributed by atoms with E-state index in [1.165, 1.54) is 11.3 Å². The zero-order valence-electron chi connectivity index (χ0n) is 16.1. The molecule has 0 fully saturated rings. The maximum absolute atomic E-state index is 12.4. The van der Waals surface area contributed by atoms with Crippen LogP contribution in [-0.2, 0) is 0 Å². The summed E-state index contributed by atoms with van der Waals surface area (Å²) in [6, 6.07) is 16.7. The predicted molar refractivity (Wildman–Crippen MR) is 118 cm³/mol. The Bertz CT molecular complexity index is 1410. The average molecular weight is 429 g/mol. The Balaban J connectivity index is 1.42. The van der Waals surface area contributed by atoms with E-state index in [1.807, 2.05) is 36.4 Å². The van der Waals surface area contributed by atoms with E-state index in [4.69, 9.17) is 13.9 Å². The van der Waals surface area contributed by atoms with Crippen LogP contribution in [0.5, 0.6) is 11.5 Å². The van der Waals surface area contributed by atoms with E-state index in [2.05, 4.69) is 16.4 Å². The second-order valence-electron chi connectivity index (χ2n) is 6.70. The lowest BCUT2D eigenvalue weighted by molar-refractivity contribution is 0.171. The number of rotatable bonds is 4. The van der Waals surface area contributed by atoms with Crippen LogP contribution in [0.1, 0.15) is 5.01 Å². The first kappa shape index (κ1) is 18.9. The van der Waals surface area contributed by atoms with Gasteiger partial charge in [-0.1, -0.05) is 18.2 Å². The van der Waals surface area contributed by atoms with Gasteiger partial charge >= 0.3 is 5.63 Å². The van der Waals surface area contributed by atoms with Crippen LogP contribution in [0.3, 0.4) is 0 Å². The third-order valence-electron chi connectivity index (χ3n) is 4.70. The van der Waals surface area contributed by atoms with Crippen molar-refractivity contribution in [2.75, 3.05) is 18.5 Å². The van der Waals surface area contributed by atoms with Crippen molar-refractivity contribution in [3.63, 3.8) is 0 Å². The fraction of sp³-hybridized carbons (Fsp3) is 0.0870. The summed E-state index contributed by atoms with van der Waals surface area (Å²) in [6.07, 6.45) is 1.58. The standard InChI is InChI=1S/C23H15N3O4S/c24-11-15(12-25-16-5-6-20-21(10-16)29-8-7-28-20)22-26-18(13-31-22)17-9-14-3-1-2-4-19(14)30-23(17)27/h1-6,9-10,12-13,25H,7-8H2. The number of ether oxygens (including phenoxy) is 2. The Morgan fingerprint density at radius 3 is 2.84 bits per heavy atom. The van der Waals surface area contributed by atoms with Gasteiger partial charge in [-0.25, -0.2) is 9.78 Å². The molecule has 0 radical (unpaired) electrons. The molecule has 4 aromatic rings. The highest BCUT2D eigenvalue weighted by atomic mass is 32.1. The molecule has 8 heteroatoms. The Morgan fingerprint density at radius 2 is 1.97 bits per heavy atom. The highest BCUT2D eigenvalue weighted by Crippen LogP contribution is 2.33. The van der Waals surface area contributed by atoms with E-state index in [0.29, 0.717) is 52.1 Å². The Hall–Kier alpha value is -4.09. The van der Waals surface area contributed by atoms with Crippen LogP contribution >= 0.6 is 11.3 Å². The van der Waals surface area contributed by atoms with Crippen molar-refractivity contribution >= 4 is 33.6 Å². The van der Waals surface area contributed by atoms with E-state index in [1.54, 1.807) is 23.7 Å². The van der Waals surface area contributed by atoms with Crippen LogP contribution in [0.25, 0.3) is 27.8 Å². The fourth-order valence-electron chi connectivity index (χ4n) is 3.19. The minimum Gasteiger partial charge on any atom is -0.486 e. The molecule has 2 aromatic carbocycles. The molecule has 152 valence electrons. The van der Waals surface area contributed by atoms with Gasteiger partial charge in [-0.05, 0) is 24.3 Å². The van der Waals surface area contributed by atoms with Crippen LogP contribution in [0, 0.1) is 11.3 Å². The lowest BCUT2D eigenvalue weighted by Gasteiger charge is -2.18. The van der Waals surface area contributed by atoms with Gasteiger partial charge in [0.2, 0.25) is 0 Å². The number of anilines is 1. The molecule has 2 aromatic heterocycles. The zero-order chi connectivity index (χ0) is 21.2. The largest absolute Gasteiger partial charge is 0.486 e. The lowest BCUT2D eigenvalue weighted by Crippen LogP contribution is -2.15. The van der Waals surface area contributed by atoms with Crippen molar-refractivity contribution in [1.82, 2.24) is 4.98 Å². The fourth-order valence-corrected chi connectivity index (χ4v) is 3.98. The number of aromatic nitrogens is 1. The van der Waals surface area contributed by atoms with E-state index in [9.17, 15) is 10.1 Å². The number of hydrogen-bond acceptors (Lipinski definition) is 8. The van der Waals surface area contributed by atoms with E-state index >= 15 is 0 Å². The molecule has 0 saturated heterocycles. The number of allylic oxidation sites excluding steroid dienone is 1. The minimum atomic E-state index is -0.465. The zero-order valence-corrected chi connectivity index (χ0v) is 16.9. The quantitative estimate of drug-likeness (QED) is 0.372. The van der Waals surface area contributed by atoms with E-state index < -0.39 is 5.63 Å². The number of fused-ring (bicyclic) bond motifs is 2. The summed E-state index contributed by atoms with van der Waals surface area (Å²) in [4.78, 5) is 16.9. The second-order valence-corrected chi connectivity index (χ2v) is 7.55. The average Bonchev–Trinajstić information content (AvgIpc) is 3.28. The molecule has 7 nitrogen and oxygen atoms in total. The van der Waals surface area contributed by atoms with Crippen LogP contribution in [0.2, 0.25) is 0 Å². The number of thiazole rings is 1. The van der Waals surface area contributed by atoms with Gasteiger partial charge in [0, 0.05) is 28.7 Å². The van der Waals surface area contributed by atoms with Gasteiger partial charge in [0.25, 0.3) is 0 Å². The molecule has 1 N–H and O–H groups in total. The van der Waals surface area contributed by atoms with Crippen molar-refractivity contribution in [3.05, 3.63) is 75.5 Å². The topological polar surface area (TPSA) is 97.4 Å². The van der Waals surface area contributed by atoms with Gasteiger partial charge in [-0.2, -0.15) is 5.26 Å². The van der Waals surface area contributed by atoms with Crippen LogP contribution in [0.4, 0.5) is 5.69 Å². The van der Waals surface area contributed by atoms with Gasteiger partial charge < -0.3 is 19.2 Å². The molecule has 0 spiro atoms. The van der Waals surface area contributed by atoms with Gasteiger partial charge in [0.1, 0.15) is 35.4 Å². The number of nitrogens with one attached hydrogen (secondary N) is 1. The van der Waals surface area contributed by atoms with Crippen molar-refractivity contribution in [1.29, 1.82) is 5.26 Å².